The van der Waals surface area contributed by atoms with E-state index in [-0.39, 0.29) is 0 Å². The minimum atomic E-state index is 0.753. The number of nitrogens with zero attached hydrogens (tertiary/aromatic N) is 1. The summed E-state index contributed by atoms with van der Waals surface area (Å²) in [6.07, 6.45) is 8.40. The molecule has 2 aliphatic rings. The first kappa shape index (κ1) is 12.2. The fourth-order valence-electron chi connectivity index (χ4n) is 4.24. The summed E-state index contributed by atoms with van der Waals surface area (Å²) in [4.78, 5) is 2.47. The Morgan fingerprint density at radius 2 is 1.72 bits per heavy atom. The van der Waals surface area contributed by atoms with Crippen LogP contribution in [0.4, 0.5) is 0 Å². The second kappa shape index (κ2) is 5.05. The highest BCUT2D eigenvalue weighted by Gasteiger charge is 2.37. The first-order valence-corrected chi connectivity index (χ1v) is 7.51. The van der Waals surface area contributed by atoms with Crippen molar-refractivity contribution < 1.29 is 0 Å². The Bertz CT molecular complexity index is 404. The third-order valence-electron chi connectivity index (χ3n) is 5.11. The lowest BCUT2D eigenvalue weighted by atomic mass is 9.71. The van der Waals surface area contributed by atoms with Crippen LogP contribution in [0.3, 0.4) is 0 Å². The van der Waals surface area contributed by atoms with Crippen LogP contribution in [-0.2, 0) is 6.42 Å². The molecule has 0 amide bonds. The monoisotopic (exact) mass is 243 g/mol. The molecule has 1 aromatic rings. The lowest BCUT2D eigenvalue weighted by Gasteiger charge is -2.41. The molecule has 0 N–H and O–H groups in total. The predicted octanol–water partition coefficient (Wildman–Crippen LogP) is 3.84. The molecule has 2 atom stereocenters. The summed E-state index contributed by atoms with van der Waals surface area (Å²) in [5.74, 6) is 1.71. The maximum atomic E-state index is 2.47. The van der Waals surface area contributed by atoms with Crippen LogP contribution in [0.2, 0.25) is 0 Å². The number of benzene rings is 1. The zero-order chi connectivity index (χ0) is 12.5. The van der Waals surface area contributed by atoms with E-state index >= 15 is 0 Å². The third kappa shape index (κ3) is 2.09. The Balaban J connectivity index is 1.97. The van der Waals surface area contributed by atoms with Crippen LogP contribution in [0.25, 0.3) is 0 Å². The molecule has 0 radical (unpaired) electrons. The lowest BCUT2D eigenvalue weighted by molar-refractivity contribution is 0.188. The molecule has 1 heteroatoms. The van der Waals surface area contributed by atoms with E-state index in [4.69, 9.17) is 0 Å². The summed E-state index contributed by atoms with van der Waals surface area (Å²) in [6, 6.07) is 9.94. The van der Waals surface area contributed by atoms with Gasteiger partial charge in [0.05, 0.1) is 0 Å². The molecule has 2 aliphatic carbocycles. The Morgan fingerprint density at radius 1 is 1.00 bits per heavy atom. The van der Waals surface area contributed by atoms with Crippen molar-refractivity contribution in [1.82, 2.24) is 4.90 Å². The van der Waals surface area contributed by atoms with Gasteiger partial charge in [-0.1, -0.05) is 37.1 Å². The average molecular weight is 243 g/mol. The average Bonchev–Trinajstić information content (AvgIpc) is 2.90. The van der Waals surface area contributed by atoms with Gasteiger partial charge in [-0.2, -0.15) is 0 Å². The lowest BCUT2D eigenvalue weighted by Crippen LogP contribution is -2.40. The van der Waals surface area contributed by atoms with Crippen LogP contribution in [0.5, 0.6) is 0 Å². The molecule has 1 fully saturated rings. The van der Waals surface area contributed by atoms with Gasteiger partial charge in [-0.05, 0) is 56.8 Å². The summed E-state index contributed by atoms with van der Waals surface area (Å²) < 4.78 is 0. The topological polar surface area (TPSA) is 3.24 Å². The summed E-state index contributed by atoms with van der Waals surface area (Å²) in [6.45, 7) is 0. The molecule has 98 valence electrons. The van der Waals surface area contributed by atoms with Gasteiger partial charge in [0.2, 0.25) is 0 Å². The van der Waals surface area contributed by atoms with Crippen LogP contribution in [0, 0.1) is 5.92 Å². The smallest absolute Gasteiger partial charge is 0.0164 e. The highest BCUT2D eigenvalue weighted by molar-refractivity contribution is 5.35. The molecule has 3 rings (SSSR count). The van der Waals surface area contributed by atoms with Crippen molar-refractivity contribution in [3.05, 3.63) is 35.4 Å². The summed E-state index contributed by atoms with van der Waals surface area (Å²) in [7, 11) is 4.53. The second-order valence-electron chi connectivity index (χ2n) is 6.34. The Morgan fingerprint density at radius 3 is 2.44 bits per heavy atom. The second-order valence-corrected chi connectivity index (χ2v) is 6.34. The minimum absolute atomic E-state index is 0.753. The number of hydrogen-bond donors (Lipinski definition) is 0. The van der Waals surface area contributed by atoms with Gasteiger partial charge in [-0.15, -0.1) is 0 Å². The molecule has 0 spiro atoms. The largest absolute Gasteiger partial charge is 0.306 e. The van der Waals surface area contributed by atoms with E-state index in [0.29, 0.717) is 0 Å². The molecule has 1 aromatic carbocycles. The van der Waals surface area contributed by atoms with Crippen molar-refractivity contribution in [3.63, 3.8) is 0 Å². The van der Waals surface area contributed by atoms with Crippen molar-refractivity contribution in [2.75, 3.05) is 14.1 Å². The van der Waals surface area contributed by atoms with Crippen molar-refractivity contribution in [2.24, 2.45) is 5.92 Å². The standard InChI is InChI=1S/C17H25N/c1-18(2)16-12-11-13-7-5-6-10-15(13)17(16)14-8-3-4-9-14/h5-7,10,14,16-17H,3-4,8-9,11-12H2,1-2H3. The van der Waals surface area contributed by atoms with Crippen molar-refractivity contribution in [1.29, 1.82) is 0 Å². The third-order valence-corrected chi connectivity index (χ3v) is 5.11. The van der Waals surface area contributed by atoms with Gasteiger partial charge < -0.3 is 4.90 Å². The molecular formula is C17H25N. The molecule has 2 unspecified atom stereocenters. The van der Waals surface area contributed by atoms with E-state index in [1.807, 2.05) is 0 Å². The van der Waals surface area contributed by atoms with E-state index in [2.05, 4.69) is 43.3 Å². The quantitative estimate of drug-likeness (QED) is 0.763. The Hall–Kier alpha value is -0.820. The van der Waals surface area contributed by atoms with Crippen molar-refractivity contribution in [3.8, 4) is 0 Å². The van der Waals surface area contributed by atoms with Crippen LogP contribution in [-0.4, -0.2) is 25.0 Å². The number of likely N-dealkylation sites (N-methyl/N-ethyl adjacent to an activating group) is 1. The maximum absolute atomic E-state index is 2.47. The minimum Gasteiger partial charge on any atom is -0.306 e. The van der Waals surface area contributed by atoms with E-state index in [1.54, 1.807) is 11.1 Å². The van der Waals surface area contributed by atoms with Crippen LogP contribution in [0.15, 0.2) is 24.3 Å². The van der Waals surface area contributed by atoms with Gasteiger partial charge in [-0.3, -0.25) is 0 Å². The Labute approximate surface area is 111 Å². The zero-order valence-electron chi connectivity index (χ0n) is 11.7. The van der Waals surface area contributed by atoms with Crippen LogP contribution < -0.4 is 0 Å². The van der Waals surface area contributed by atoms with Gasteiger partial charge in [0.1, 0.15) is 0 Å². The molecule has 0 aliphatic heterocycles. The highest BCUT2D eigenvalue weighted by atomic mass is 15.1. The first-order valence-electron chi connectivity index (χ1n) is 7.51. The molecule has 1 nitrogen and oxygen atoms in total. The molecule has 0 saturated heterocycles. The molecule has 1 saturated carbocycles. The first-order chi connectivity index (χ1) is 8.77. The molecule has 0 aromatic heterocycles. The number of fused-ring (bicyclic) bond motifs is 1. The van der Waals surface area contributed by atoms with Crippen LogP contribution >= 0.6 is 0 Å². The van der Waals surface area contributed by atoms with Gasteiger partial charge in [0.25, 0.3) is 0 Å². The molecule has 0 bridgehead atoms. The normalized spacial score (nSPS) is 28.6. The molecule has 18 heavy (non-hydrogen) atoms. The van der Waals surface area contributed by atoms with Crippen LogP contribution in [0.1, 0.15) is 49.1 Å². The van der Waals surface area contributed by atoms with Gasteiger partial charge in [-0.25, -0.2) is 0 Å². The number of hydrogen-bond acceptors (Lipinski definition) is 1. The van der Waals surface area contributed by atoms with E-state index in [1.165, 1.54) is 38.5 Å². The summed E-state index contributed by atoms with van der Waals surface area (Å²) in [5, 5.41) is 0. The SMILES string of the molecule is CN(C)C1CCc2ccccc2C1C1CCCC1. The fourth-order valence-corrected chi connectivity index (χ4v) is 4.24. The van der Waals surface area contributed by atoms with Gasteiger partial charge in [0.15, 0.2) is 0 Å². The van der Waals surface area contributed by atoms with Crippen molar-refractivity contribution in [2.45, 2.75) is 50.5 Å². The molecular weight excluding hydrogens is 218 g/mol. The highest BCUT2D eigenvalue weighted by Crippen LogP contribution is 2.45. The summed E-state index contributed by atoms with van der Waals surface area (Å²) >= 11 is 0. The van der Waals surface area contributed by atoms with E-state index in [9.17, 15) is 0 Å². The van der Waals surface area contributed by atoms with Crippen molar-refractivity contribution >= 4 is 0 Å². The molecule has 0 heterocycles. The maximum Gasteiger partial charge on any atom is 0.0164 e. The predicted molar refractivity (Wildman–Crippen MR) is 76.9 cm³/mol. The van der Waals surface area contributed by atoms with E-state index in [0.717, 1.165) is 17.9 Å². The zero-order valence-corrected chi connectivity index (χ0v) is 11.7. The van der Waals surface area contributed by atoms with Gasteiger partial charge in [0, 0.05) is 12.0 Å². The number of rotatable bonds is 2. The fraction of sp³-hybridized carbons (Fsp3) is 0.647. The van der Waals surface area contributed by atoms with Gasteiger partial charge >= 0.3 is 0 Å². The summed E-state index contributed by atoms with van der Waals surface area (Å²) in [5.41, 5.74) is 3.28. The Kier molecular flexibility index (Phi) is 3.43. The number of aryl methyl sites for hydroxylation is 1. The van der Waals surface area contributed by atoms with E-state index < -0.39 is 0 Å².